The number of nitrogens with one attached hydrogen (secondary N) is 2. The van der Waals surface area contributed by atoms with Crippen LogP contribution in [0.25, 0.3) is 0 Å². The quantitative estimate of drug-likeness (QED) is 0.406. The van der Waals surface area contributed by atoms with E-state index in [2.05, 4.69) is 10.6 Å². The average Bonchev–Trinajstić information content (AvgIpc) is 2.66. The molecule has 0 unspecified atom stereocenters. The number of carbonyl (C=O) groups excluding carboxylic acids is 3. The van der Waals surface area contributed by atoms with Gasteiger partial charge < -0.3 is 20.1 Å². The molecule has 0 aliphatic heterocycles. The highest BCUT2D eigenvalue weighted by Crippen LogP contribution is 2.11. The molecule has 0 saturated heterocycles. The summed E-state index contributed by atoms with van der Waals surface area (Å²) in [7, 11) is 0. The molecule has 0 saturated carbocycles. The molecule has 2 atom stereocenters. The molecule has 0 bridgehead atoms. The molecular formula is C24H38N2O5. The van der Waals surface area contributed by atoms with Crippen molar-refractivity contribution >= 4 is 18.0 Å². The third-order valence-corrected chi connectivity index (χ3v) is 4.34. The number of unbranched alkanes of at least 4 members (excludes halogenated alkanes) is 1. The largest absolute Gasteiger partial charge is 0.464 e. The Morgan fingerprint density at radius 1 is 1.00 bits per heavy atom. The molecule has 0 spiro atoms. The van der Waals surface area contributed by atoms with Gasteiger partial charge in [-0.1, -0.05) is 57.5 Å². The number of benzene rings is 1. The molecule has 0 radical (unpaired) electrons. The van der Waals surface area contributed by atoms with Gasteiger partial charge in [0.15, 0.2) is 0 Å². The first kappa shape index (κ1) is 26.5. The van der Waals surface area contributed by atoms with Crippen molar-refractivity contribution in [2.24, 2.45) is 5.92 Å². The van der Waals surface area contributed by atoms with Crippen molar-refractivity contribution in [2.75, 3.05) is 6.61 Å². The molecule has 174 valence electrons. The summed E-state index contributed by atoms with van der Waals surface area (Å²) in [6.07, 6.45) is 1.71. The minimum absolute atomic E-state index is 0.148. The van der Waals surface area contributed by atoms with Crippen LogP contribution < -0.4 is 10.6 Å². The molecule has 2 amide bonds. The van der Waals surface area contributed by atoms with Gasteiger partial charge in [-0.25, -0.2) is 9.59 Å². The highest BCUT2D eigenvalue weighted by Gasteiger charge is 2.29. The lowest BCUT2D eigenvalue weighted by atomic mass is 10.0. The Morgan fingerprint density at radius 3 is 2.19 bits per heavy atom. The number of ether oxygens (including phenoxy) is 2. The van der Waals surface area contributed by atoms with E-state index in [4.69, 9.17) is 9.47 Å². The number of alkyl carbamates (subject to hydrolysis) is 1. The summed E-state index contributed by atoms with van der Waals surface area (Å²) in [6, 6.07) is 7.76. The molecule has 0 heterocycles. The summed E-state index contributed by atoms with van der Waals surface area (Å²) in [5.74, 6) is -0.770. The summed E-state index contributed by atoms with van der Waals surface area (Å²) in [5, 5.41) is 5.42. The maximum Gasteiger partial charge on any atom is 0.408 e. The van der Waals surface area contributed by atoms with E-state index in [0.29, 0.717) is 19.4 Å². The summed E-state index contributed by atoms with van der Waals surface area (Å²) < 4.78 is 10.7. The van der Waals surface area contributed by atoms with Crippen LogP contribution in [0.4, 0.5) is 4.79 Å². The number of esters is 1. The van der Waals surface area contributed by atoms with E-state index in [9.17, 15) is 14.4 Å². The summed E-state index contributed by atoms with van der Waals surface area (Å²) in [5.41, 5.74) is 0.225. The molecule has 1 aromatic rings. The lowest BCUT2D eigenvalue weighted by Crippen LogP contribution is -2.53. The molecule has 7 heteroatoms. The third kappa shape index (κ3) is 11.4. The zero-order chi connectivity index (χ0) is 23.4. The van der Waals surface area contributed by atoms with Crippen LogP contribution in [-0.4, -0.2) is 42.3 Å². The zero-order valence-corrected chi connectivity index (χ0v) is 19.7. The van der Waals surface area contributed by atoms with E-state index in [1.165, 1.54) is 0 Å². The van der Waals surface area contributed by atoms with Crippen LogP contribution in [0.1, 0.15) is 66.4 Å². The third-order valence-electron chi connectivity index (χ3n) is 4.34. The second-order valence-corrected chi connectivity index (χ2v) is 9.10. The van der Waals surface area contributed by atoms with Crippen molar-refractivity contribution in [1.29, 1.82) is 0 Å². The molecule has 0 fully saturated rings. The molecule has 1 rings (SSSR count). The second-order valence-electron chi connectivity index (χ2n) is 9.10. The van der Waals surface area contributed by atoms with Crippen molar-refractivity contribution in [1.82, 2.24) is 10.6 Å². The van der Waals surface area contributed by atoms with Crippen molar-refractivity contribution in [3.05, 3.63) is 35.9 Å². The molecular weight excluding hydrogens is 396 g/mol. The maximum absolute atomic E-state index is 13.0. The van der Waals surface area contributed by atoms with E-state index in [-0.39, 0.29) is 5.92 Å². The van der Waals surface area contributed by atoms with Crippen LogP contribution in [0.15, 0.2) is 30.3 Å². The summed E-state index contributed by atoms with van der Waals surface area (Å²) in [4.78, 5) is 37.9. The Balaban J connectivity index is 2.93. The minimum atomic E-state index is -0.846. The highest BCUT2D eigenvalue weighted by atomic mass is 16.6. The lowest BCUT2D eigenvalue weighted by Gasteiger charge is -2.26. The molecule has 31 heavy (non-hydrogen) atoms. The first-order valence-corrected chi connectivity index (χ1v) is 11.0. The molecule has 7 nitrogen and oxygen atoms in total. The van der Waals surface area contributed by atoms with E-state index in [0.717, 1.165) is 18.4 Å². The van der Waals surface area contributed by atoms with Crippen LogP contribution in [0, 0.1) is 5.92 Å². The fourth-order valence-corrected chi connectivity index (χ4v) is 2.89. The molecule has 2 N–H and O–H groups in total. The first-order chi connectivity index (χ1) is 14.5. The van der Waals surface area contributed by atoms with Gasteiger partial charge in [-0.2, -0.15) is 0 Å². The van der Waals surface area contributed by atoms with Gasteiger partial charge in [0.25, 0.3) is 0 Å². The minimum Gasteiger partial charge on any atom is -0.464 e. The van der Waals surface area contributed by atoms with Crippen LogP contribution in [-0.2, 0) is 25.5 Å². The normalized spacial score (nSPS) is 13.3. The van der Waals surface area contributed by atoms with Gasteiger partial charge in [-0.3, -0.25) is 4.79 Å². The average molecular weight is 435 g/mol. The maximum atomic E-state index is 13.0. The lowest BCUT2D eigenvalue weighted by molar-refractivity contribution is -0.148. The van der Waals surface area contributed by atoms with E-state index in [1.807, 2.05) is 51.1 Å². The molecule has 0 aromatic heterocycles. The first-order valence-electron chi connectivity index (χ1n) is 11.0. The van der Waals surface area contributed by atoms with Crippen LogP contribution in [0.5, 0.6) is 0 Å². The van der Waals surface area contributed by atoms with Crippen molar-refractivity contribution < 1.29 is 23.9 Å². The SMILES string of the molecule is CCCCOC(=O)[C@H](Cc1ccccc1)NC(=O)[C@H](CC(C)C)NC(=O)OC(C)(C)C. The van der Waals surface area contributed by atoms with Gasteiger partial charge in [-0.05, 0) is 45.1 Å². The predicted molar refractivity (Wildman–Crippen MR) is 121 cm³/mol. The molecule has 1 aromatic carbocycles. The Bertz CT molecular complexity index is 698. The molecule has 0 aliphatic rings. The van der Waals surface area contributed by atoms with Gasteiger partial charge in [0.2, 0.25) is 5.91 Å². The van der Waals surface area contributed by atoms with Crippen LogP contribution in [0.2, 0.25) is 0 Å². The summed E-state index contributed by atoms with van der Waals surface area (Å²) in [6.45, 7) is 11.5. The monoisotopic (exact) mass is 434 g/mol. The van der Waals surface area contributed by atoms with Crippen molar-refractivity contribution in [2.45, 2.75) is 84.9 Å². The fraction of sp³-hybridized carbons (Fsp3) is 0.625. The predicted octanol–water partition coefficient (Wildman–Crippen LogP) is 4.00. The molecule has 0 aliphatic carbocycles. The van der Waals surface area contributed by atoms with Crippen molar-refractivity contribution in [3.8, 4) is 0 Å². The Kier molecular flexibility index (Phi) is 11.1. The highest BCUT2D eigenvalue weighted by molar-refractivity contribution is 5.89. The zero-order valence-electron chi connectivity index (χ0n) is 19.7. The Labute approximate surface area is 186 Å². The number of hydrogen-bond donors (Lipinski definition) is 2. The standard InChI is InChI=1S/C24H38N2O5/c1-7-8-14-30-22(28)20(16-18-12-10-9-11-13-18)25-21(27)19(15-17(2)3)26-23(29)31-24(4,5)6/h9-13,17,19-20H,7-8,14-16H2,1-6H3,(H,25,27)(H,26,29)/t19-,20-/m0/s1. The van der Waals surface area contributed by atoms with Gasteiger partial charge >= 0.3 is 12.1 Å². The van der Waals surface area contributed by atoms with Gasteiger partial charge in [-0.15, -0.1) is 0 Å². The van der Waals surface area contributed by atoms with E-state index >= 15 is 0 Å². The Morgan fingerprint density at radius 2 is 1.65 bits per heavy atom. The van der Waals surface area contributed by atoms with Crippen LogP contribution in [0.3, 0.4) is 0 Å². The van der Waals surface area contributed by atoms with Gasteiger partial charge in [0, 0.05) is 6.42 Å². The Hall–Kier alpha value is -2.57. The van der Waals surface area contributed by atoms with E-state index in [1.54, 1.807) is 20.8 Å². The number of rotatable bonds is 11. The fourth-order valence-electron chi connectivity index (χ4n) is 2.89. The topological polar surface area (TPSA) is 93.7 Å². The van der Waals surface area contributed by atoms with Crippen molar-refractivity contribution in [3.63, 3.8) is 0 Å². The second kappa shape index (κ2) is 13.0. The van der Waals surface area contributed by atoms with E-state index < -0.39 is 35.7 Å². The van der Waals surface area contributed by atoms with Gasteiger partial charge in [0.1, 0.15) is 17.7 Å². The number of amides is 2. The van der Waals surface area contributed by atoms with Gasteiger partial charge in [0.05, 0.1) is 6.61 Å². The number of hydrogen-bond acceptors (Lipinski definition) is 5. The smallest absolute Gasteiger partial charge is 0.408 e. The van der Waals surface area contributed by atoms with Crippen LogP contribution >= 0.6 is 0 Å². The number of carbonyl (C=O) groups is 3. The summed E-state index contributed by atoms with van der Waals surface area (Å²) >= 11 is 0.